The van der Waals surface area contributed by atoms with E-state index in [-0.39, 0.29) is 32.3 Å². The molecule has 11 nitrogen and oxygen atoms in total. The van der Waals surface area contributed by atoms with Gasteiger partial charge in [0.05, 0.1) is 0 Å². The van der Waals surface area contributed by atoms with Crippen LogP contribution < -0.4 is 21.3 Å². The van der Waals surface area contributed by atoms with Crippen LogP contribution in [-0.4, -0.2) is 59.0 Å². The van der Waals surface area contributed by atoms with E-state index in [9.17, 15) is 24.0 Å². The number of hydrogen-bond acceptors (Lipinski definition) is 7. The van der Waals surface area contributed by atoms with Crippen LogP contribution in [0.5, 0.6) is 0 Å². The zero-order valence-corrected chi connectivity index (χ0v) is 32.5. The Bertz CT molecular complexity index is 1900. The van der Waals surface area contributed by atoms with Gasteiger partial charge in [-0.25, -0.2) is 9.59 Å². The van der Waals surface area contributed by atoms with E-state index in [1.54, 1.807) is 20.8 Å². The normalized spacial score (nSPS) is 13.7. The summed E-state index contributed by atoms with van der Waals surface area (Å²) in [4.78, 5) is 69.1. The van der Waals surface area contributed by atoms with Crippen LogP contribution in [0.4, 0.5) is 4.79 Å². The number of ether oxygens (including phenoxy) is 2. The van der Waals surface area contributed by atoms with Gasteiger partial charge in [-0.05, 0) is 56.4 Å². The summed E-state index contributed by atoms with van der Waals surface area (Å²) in [6.07, 6.45) is 0.916. The molecule has 0 unspecified atom stereocenters. The van der Waals surface area contributed by atoms with Crippen LogP contribution in [0.15, 0.2) is 134 Å². The molecular weight excluding hydrogens is 709 g/mol. The summed E-state index contributed by atoms with van der Waals surface area (Å²) >= 11 is 0. The summed E-state index contributed by atoms with van der Waals surface area (Å²) in [5.41, 5.74) is 0.570. The van der Waals surface area contributed by atoms with Crippen LogP contribution in [0.1, 0.15) is 56.4 Å². The minimum atomic E-state index is -1.66. The first-order valence-corrected chi connectivity index (χ1v) is 18.6. The van der Waals surface area contributed by atoms with E-state index in [1.807, 2.05) is 121 Å². The highest BCUT2D eigenvalue weighted by molar-refractivity contribution is 5.97. The highest BCUT2D eigenvalue weighted by atomic mass is 16.6. The number of carbonyl (C=O) groups is 5. The van der Waals surface area contributed by atoms with E-state index in [0.29, 0.717) is 0 Å². The lowest BCUT2D eigenvalue weighted by molar-refractivity contribution is -0.158. The van der Waals surface area contributed by atoms with E-state index in [2.05, 4.69) is 27.8 Å². The van der Waals surface area contributed by atoms with Crippen molar-refractivity contribution in [3.8, 4) is 0 Å². The first kappa shape index (κ1) is 42.5. The Morgan fingerprint density at radius 1 is 0.643 bits per heavy atom. The molecule has 0 spiro atoms. The second kappa shape index (κ2) is 20.5. The van der Waals surface area contributed by atoms with Gasteiger partial charge >= 0.3 is 12.1 Å². The van der Waals surface area contributed by atoms with Crippen LogP contribution in [-0.2, 0) is 54.5 Å². The Morgan fingerprint density at radius 2 is 1.12 bits per heavy atom. The zero-order chi connectivity index (χ0) is 40.6. The van der Waals surface area contributed by atoms with Gasteiger partial charge in [-0.2, -0.15) is 0 Å². The lowest BCUT2D eigenvalue weighted by Crippen LogP contribution is -2.65. The average Bonchev–Trinajstić information content (AvgIpc) is 3.17. The number of alkyl carbamates (subject to hydrolysis) is 1. The maximum atomic E-state index is 14.7. The number of rotatable bonds is 18. The SMILES string of the molecule is C=CC[C@](Cc1ccccc1)(NC(=O)[C@H](C)NC(=O)OCc1ccccc1)C(=O)N[C@@H](Cc1ccccc1)C(=O)N[C@@H](Cc1ccccc1)C(=O)OC(C)(C)C. The predicted octanol–water partition coefficient (Wildman–Crippen LogP) is 5.77. The van der Waals surface area contributed by atoms with Crippen molar-refractivity contribution in [2.45, 2.75) is 89.3 Å². The Hall–Kier alpha value is -6.23. The molecule has 4 atom stereocenters. The molecule has 0 aliphatic carbocycles. The quantitative estimate of drug-likeness (QED) is 0.0743. The average molecular weight is 761 g/mol. The summed E-state index contributed by atoms with van der Waals surface area (Å²) in [6, 6.07) is 33.2. The number of nitrogens with one attached hydrogen (secondary N) is 4. The minimum absolute atomic E-state index is 0.00280. The molecule has 4 aromatic rings. The van der Waals surface area contributed by atoms with Crippen molar-refractivity contribution in [1.29, 1.82) is 0 Å². The molecule has 11 heteroatoms. The number of carbonyl (C=O) groups excluding carboxylic acids is 5. The monoisotopic (exact) mass is 760 g/mol. The van der Waals surface area contributed by atoms with Crippen molar-refractivity contribution in [3.63, 3.8) is 0 Å². The molecule has 4 amide bonds. The Morgan fingerprint density at radius 3 is 1.62 bits per heavy atom. The van der Waals surface area contributed by atoms with Gasteiger partial charge in [-0.3, -0.25) is 14.4 Å². The van der Waals surface area contributed by atoms with Crippen molar-refractivity contribution in [2.24, 2.45) is 0 Å². The first-order chi connectivity index (χ1) is 26.8. The lowest BCUT2D eigenvalue weighted by Gasteiger charge is -2.35. The number of esters is 1. The summed E-state index contributed by atoms with van der Waals surface area (Å²) in [7, 11) is 0. The lowest BCUT2D eigenvalue weighted by atomic mass is 9.85. The summed E-state index contributed by atoms with van der Waals surface area (Å²) in [5.74, 6) is -2.57. The van der Waals surface area contributed by atoms with Gasteiger partial charge in [0, 0.05) is 19.3 Å². The first-order valence-electron chi connectivity index (χ1n) is 18.6. The fourth-order valence-corrected chi connectivity index (χ4v) is 5.98. The van der Waals surface area contributed by atoms with Crippen molar-refractivity contribution in [1.82, 2.24) is 21.3 Å². The van der Waals surface area contributed by atoms with Crippen molar-refractivity contribution in [3.05, 3.63) is 156 Å². The summed E-state index contributed by atoms with van der Waals surface area (Å²) < 4.78 is 11.0. The molecule has 0 saturated carbocycles. The Kier molecular flexibility index (Phi) is 15.5. The Balaban J connectivity index is 1.63. The van der Waals surface area contributed by atoms with E-state index >= 15 is 0 Å². The van der Waals surface area contributed by atoms with Crippen molar-refractivity contribution in [2.75, 3.05) is 0 Å². The van der Waals surface area contributed by atoms with Gasteiger partial charge < -0.3 is 30.7 Å². The van der Waals surface area contributed by atoms with Crippen molar-refractivity contribution >= 4 is 29.8 Å². The molecule has 0 aliphatic rings. The van der Waals surface area contributed by atoms with Crippen LogP contribution in [0, 0.1) is 0 Å². The summed E-state index contributed by atoms with van der Waals surface area (Å²) in [5, 5.41) is 11.2. The van der Waals surface area contributed by atoms with Crippen LogP contribution >= 0.6 is 0 Å². The summed E-state index contributed by atoms with van der Waals surface area (Å²) in [6.45, 7) is 10.6. The maximum absolute atomic E-state index is 14.7. The molecular formula is C45H52N4O7. The molecule has 0 aliphatic heterocycles. The number of benzene rings is 4. The largest absolute Gasteiger partial charge is 0.458 e. The zero-order valence-electron chi connectivity index (χ0n) is 32.5. The fourth-order valence-electron chi connectivity index (χ4n) is 5.98. The number of hydrogen-bond donors (Lipinski definition) is 4. The highest BCUT2D eigenvalue weighted by Crippen LogP contribution is 2.21. The molecule has 0 fully saturated rings. The van der Waals surface area contributed by atoms with Crippen LogP contribution in [0.3, 0.4) is 0 Å². The molecule has 0 saturated heterocycles. The molecule has 4 aromatic carbocycles. The van der Waals surface area contributed by atoms with E-state index in [0.717, 1.165) is 22.3 Å². The van der Waals surface area contributed by atoms with E-state index in [1.165, 1.54) is 13.0 Å². The molecule has 0 heterocycles. The highest BCUT2D eigenvalue weighted by Gasteiger charge is 2.42. The Labute approximate surface area is 329 Å². The molecule has 4 N–H and O–H groups in total. The van der Waals surface area contributed by atoms with Gasteiger partial charge in [0.25, 0.3) is 0 Å². The third-order valence-corrected chi connectivity index (χ3v) is 8.77. The second-order valence-corrected chi connectivity index (χ2v) is 14.7. The molecule has 0 radical (unpaired) electrons. The van der Waals surface area contributed by atoms with Gasteiger partial charge in [0.2, 0.25) is 17.7 Å². The van der Waals surface area contributed by atoms with E-state index in [4.69, 9.17) is 9.47 Å². The van der Waals surface area contributed by atoms with Gasteiger partial charge in [-0.15, -0.1) is 6.58 Å². The molecule has 4 rings (SSSR count). The third kappa shape index (κ3) is 13.6. The fraction of sp³-hybridized carbons (Fsp3) is 0.311. The predicted molar refractivity (Wildman–Crippen MR) is 215 cm³/mol. The van der Waals surface area contributed by atoms with Crippen LogP contribution in [0.25, 0.3) is 0 Å². The molecule has 294 valence electrons. The second-order valence-electron chi connectivity index (χ2n) is 14.7. The van der Waals surface area contributed by atoms with Gasteiger partial charge in [0.1, 0.15) is 35.9 Å². The van der Waals surface area contributed by atoms with E-state index < -0.39 is 59.0 Å². The van der Waals surface area contributed by atoms with Gasteiger partial charge in [-0.1, -0.05) is 127 Å². The third-order valence-electron chi connectivity index (χ3n) is 8.77. The van der Waals surface area contributed by atoms with Crippen LogP contribution in [0.2, 0.25) is 0 Å². The standard InChI is InChI=1S/C45H52N4O7/c1-6-27-45(30-35-23-15-9-16-24-35,49-39(50)32(2)46-43(54)55-31-36-25-17-10-18-26-36)42(53)48-37(28-33-19-11-7-12-20-33)40(51)47-38(41(52)56-44(3,4)5)29-34-21-13-8-14-22-34/h6-26,32,37-38H,1,27-31H2,2-5H3,(H,46,54)(H,47,51)(H,48,53)(H,49,50)/t32-,37-,38-,45+/m0/s1. The minimum Gasteiger partial charge on any atom is -0.458 e. The molecule has 0 bridgehead atoms. The topological polar surface area (TPSA) is 152 Å². The van der Waals surface area contributed by atoms with Crippen molar-refractivity contribution < 1.29 is 33.4 Å². The number of amides is 4. The smallest absolute Gasteiger partial charge is 0.408 e. The van der Waals surface area contributed by atoms with Gasteiger partial charge in [0.15, 0.2) is 0 Å². The maximum Gasteiger partial charge on any atom is 0.408 e. The molecule has 56 heavy (non-hydrogen) atoms. The molecule has 0 aromatic heterocycles.